The van der Waals surface area contributed by atoms with Crippen molar-refractivity contribution in [3.05, 3.63) is 29.3 Å². The normalized spacial score (nSPS) is 13.1. The smallest absolute Gasteiger partial charge is 0.407 e. The van der Waals surface area contributed by atoms with Crippen molar-refractivity contribution >= 4 is 6.09 Å². The molecule has 1 aromatic carbocycles. The van der Waals surface area contributed by atoms with Crippen LogP contribution in [0.4, 0.5) is 4.79 Å². The summed E-state index contributed by atoms with van der Waals surface area (Å²) in [5.74, 6) is 0.928. The zero-order valence-electron chi connectivity index (χ0n) is 8.56. The van der Waals surface area contributed by atoms with Crippen LogP contribution in [0.5, 0.6) is 5.75 Å². The maximum absolute atomic E-state index is 10.6. The molecule has 0 aromatic heterocycles. The lowest BCUT2D eigenvalue weighted by Gasteiger charge is -2.13. The summed E-state index contributed by atoms with van der Waals surface area (Å²) in [5.41, 5.74) is 2.18. The first-order valence-corrected chi connectivity index (χ1v) is 4.85. The molecule has 0 saturated carbocycles. The Morgan fingerprint density at radius 3 is 3.13 bits per heavy atom. The second kappa shape index (κ2) is 3.81. The number of amides is 1. The van der Waals surface area contributed by atoms with E-state index < -0.39 is 6.09 Å². The van der Waals surface area contributed by atoms with Crippen molar-refractivity contribution in [3.63, 3.8) is 0 Å². The highest BCUT2D eigenvalue weighted by Gasteiger charge is 2.13. The molecule has 1 heterocycles. The molecule has 0 aliphatic carbocycles. The minimum Gasteiger partial charge on any atom is -0.493 e. The Hall–Kier alpha value is -1.71. The number of nitrogens with zero attached hydrogens (tertiary/aromatic N) is 1. The van der Waals surface area contributed by atoms with Crippen LogP contribution in [-0.2, 0) is 13.0 Å². The van der Waals surface area contributed by atoms with Gasteiger partial charge in [-0.2, -0.15) is 0 Å². The van der Waals surface area contributed by atoms with Gasteiger partial charge in [-0.1, -0.05) is 12.1 Å². The summed E-state index contributed by atoms with van der Waals surface area (Å²) < 4.78 is 5.38. The van der Waals surface area contributed by atoms with Crippen molar-refractivity contribution in [1.82, 2.24) is 4.90 Å². The van der Waals surface area contributed by atoms with Crippen LogP contribution >= 0.6 is 0 Å². The monoisotopic (exact) mass is 207 g/mol. The standard InChI is InChI=1S/C11H13NO3/c1-12(11(13)14)7-8-2-3-10-9(6-8)4-5-15-10/h2-3,6H,4-5,7H2,1H3,(H,13,14). The van der Waals surface area contributed by atoms with E-state index in [1.54, 1.807) is 7.05 Å². The summed E-state index contributed by atoms with van der Waals surface area (Å²) in [7, 11) is 1.56. The fourth-order valence-electron chi connectivity index (χ4n) is 1.68. The first-order valence-electron chi connectivity index (χ1n) is 4.85. The molecule has 1 N–H and O–H groups in total. The third-order valence-corrected chi connectivity index (χ3v) is 2.50. The van der Waals surface area contributed by atoms with Gasteiger partial charge < -0.3 is 14.7 Å². The van der Waals surface area contributed by atoms with Crippen LogP contribution in [0.3, 0.4) is 0 Å². The van der Waals surface area contributed by atoms with Gasteiger partial charge in [0.15, 0.2) is 0 Å². The van der Waals surface area contributed by atoms with Crippen LogP contribution in [0.15, 0.2) is 18.2 Å². The van der Waals surface area contributed by atoms with Crippen LogP contribution in [0.2, 0.25) is 0 Å². The number of ether oxygens (including phenoxy) is 1. The van der Waals surface area contributed by atoms with E-state index in [2.05, 4.69) is 0 Å². The van der Waals surface area contributed by atoms with Gasteiger partial charge in [-0.3, -0.25) is 0 Å². The number of hydrogen-bond acceptors (Lipinski definition) is 2. The van der Waals surface area contributed by atoms with Crippen LogP contribution in [0, 0.1) is 0 Å². The summed E-state index contributed by atoms with van der Waals surface area (Å²) >= 11 is 0. The first-order chi connectivity index (χ1) is 7.16. The van der Waals surface area contributed by atoms with Crippen molar-refractivity contribution in [3.8, 4) is 5.75 Å². The van der Waals surface area contributed by atoms with Crippen molar-refractivity contribution in [1.29, 1.82) is 0 Å². The quantitative estimate of drug-likeness (QED) is 0.803. The molecule has 1 aromatic rings. The maximum Gasteiger partial charge on any atom is 0.407 e. The molecule has 0 spiro atoms. The lowest BCUT2D eigenvalue weighted by atomic mass is 10.1. The van der Waals surface area contributed by atoms with Gasteiger partial charge in [0.2, 0.25) is 0 Å². The third-order valence-electron chi connectivity index (χ3n) is 2.50. The molecule has 0 radical (unpaired) electrons. The van der Waals surface area contributed by atoms with Crippen LogP contribution in [0.25, 0.3) is 0 Å². The Morgan fingerprint density at radius 2 is 2.40 bits per heavy atom. The Balaban J connectivity index is 2.13. The Bertz CT molecular complexity index is 389. The van der Waals surface area contributed by atoms with Crippen LogP contribution in [0.1, 0.15) is 11.1 Å². The van der Waals surface area contributed by atoms with E-state index in [-0.39, 0.29) is 0 Å². The van der Waals surface area contributed by atoms with E-state index >= 15 is 0 Å². The van der Waals surface area contributed by atoms with E-state index in [0.29, 0.717) is 6.54 Å². The zero-order valence-corrected chi connectivity index (χ0v) is 8.56. The van der Waals surface area contributed by atoms with Gasteiger partial charge in [0, 0.05) is 20.0 Å². The predicted molar refractivity (Wildman–Crippen MR) is 55.1 cm³/mol. The van der Waals surface area contributed by atoms with Crippen LogP contribution < -0.4 is 4.74 Å². The largest absolute Gasteiger partial charge is 0.493 e. The number of carboxylic acid groups (broad SMARTS) is 1. The molecule has 1 amide bonds. The summed E-state index contributed by atoms with van der Waals surface area (Å²) in [6.45, 7) is 1.15. The van der Waals surface area contributed by atoms with E-state index in [1.165, 1.54) is 10.5 Å². The average Bonchev–Trinajstić information content (AvgIpc) is 2.64. The number of benzene rings is 1. The molecule has 0 unspecified atom stereocenters. The summed E-state index contributed by atoms with van der Waals surface area (Å²) in [5, 5.41) is 8.74. The number of fused-ring (bicyclic) bond motifs is 1. The molecular weight excluding hydrogens is 194 g/mol. The average molecular weight is 207 g/mol. The van der Waals surface area contributed by atoms with Gasteiger partial charge in [0.05, 0.1) is 6.61 Å². The highest BCUT2D eigenvalue weighted by atomic mass is 16.5. The summed E-state index contributed by atoms with van der Waals surface area (Å²) in [4.78, 5) is 11.9. The molecule has 0 bridgehead atoms. The topological polar surface area (TPSA) is 49.8 Å². The Labute approximate surface area is 88.1 Å². The molecule has 1 aliphatic rings. The van der Waals surface area contributed by atoms with E-state index in [9.17, 15) is 4.79 Å². The lowest BCUT2D eigenvalue weighted by molar-refractivity contribution is 0.153. The van der Waals surface area contributed by atoms with Crippen molar-refractivity contribution in [2.24, 2.45) is 0 Å². The highest BCUT2D eigenvalue weighted by molar-refractivity contribution is 5.64. The second-order valence-corrected chi connectivity index (χ2v) is 3.68. The van der Waals surface area contributed by atoms with Crippen molar-refractivity contribution in [2.45, 2.75) is 13.0 Å². The Kier molecular flexibility index (Phi) is 2.49. The minimum absolute atomic E-state index is 0.419. The van der Waals surface area contributed by atoms with Gasteiger partial charge in [-0.25, -0.2) is 4.79 Å². The van der Waals surface area contributed by atoms with Crippen LogP contribution in [-0.4, -0.2) is 29.8 Å². The van der Waals surface area contributed by atoms with E-state index in [0.717, 1.165) is 24.3 Å². The summed E-state index contributed by atoms with van der Waals surface area (Å²) in [6, 6.07) is 5.83. The SMILES string of the molecule is CN(Cc1ccc2c(c1)CCO2)C(=O)O. The van der Waals surface area contributed by atoms with E-state index in [1.807, 2.05) is 18.2 Å². The molecule has 2 rings (SSSR count). The second-order valence-electron chi connectivity index (χ2n) is 3.68. The molecule has 4 nitrogen and oxygen atoms in total. The fourth-order valence-corrected chi connectivity index (χ4v) is 1.68. The molecule has 15 heavy (non-hydrogen) atoms. The van der Waals surface area contributed by atoms with E-state index in [4.69, 9.17) is 9.84 Å². The summed E-state index contributed by atoms with van der Waals surface area (Å²) in [6.07, 6.45) is 0.00621. The molecule has 80 valence electrons. The number of carbonyl (C=O) groups is 1. The van der Waals surface area contributed by atoms with Gasteiger partial charge in [0.1, 0.15) is 5.75 Å². The van der Waals surface area contributed by atoms with Gasteiger partial charge in [0.25, 0.3) is 0 Å². The molecule has 0 atom stereocenters. The molecule has 4 heteroatoms. The first kappa shape index (κ1) is 9.83. The highest BCUT2D eigenvalue weighted by Crippen LogP contribution is 2.26. The zero-order chi connectivity index (χ0) is 10.8. The number of rotatable bonds is 2. The van der Waals surface area contributed by atoms with Gasteiger partial charge >= 0.3 is 6.09 Å². The van der Waals surface area contributed by atoms with Crippen molar-refractivity contribution < 1.29 is 14.6 Å². The Morgan fingerprint density at radius 1 is 1.60 bits per heavy atom. The molecule has 1 aliphatic heterocycles. The minimum atomic E-state index is -0.910. The molecule has 0 saturated heterocycles. The predicted octanol–water partition coefficient (Wildman–Crippen LogP) is 1.73. The van der Waals surface area contributed by atoms with Crippen molar-refractivity contribution in [2.75, 3.05) is 13.7 Å². The van der Waals surface area contributed by atoms with Gasteiger partial charge in [-0.05, 0) is 17.2 Å². The maximum atomic E-state index is 10.6. The lowest BCUT2D eigenvalue weighted by Crippen LogP contribution is -2.23. The fraction of sp³-hybridized carbons (Fsp3) is 0.364. The molecular formula is C11H13NO3. The third kappa shape index (κ3) is 2.03. The van der Waals surface area contributed by atoms with Gasteiger partial charge in [-0.15, -0.1) is 0 Å². The number of hydrogen-bond donors (Lipinski definition) is 1. The molecule has 0 fully saturated rings.